The molecule has 1 N–H and O–H groups in total. The summed E-state index contributed by atoms with van der Waals surface area (Å²) in [4.78, 5) is 12.7. The number of rotatable bonds is 0. The third-order valence-electron chi connectivity index (χ3n) is 1.70. The molecule has 0 atom stereocenters. The lowest BCUT2D eigenvalue weighted by Gasteiger charge is -2.07. The van der Waals surface area contributed by atoms with Crippen LogP contribution in [-0.4, -0.2) is 23.9 Å². The maximum atomic E-state index is 10.9. The molecule has 3 heteroatoms. The summed E-state index contributed by atoms with van der Waals surface area (Å²) in [5.41, 5.74) is 0. The van der Waals surface area contributed by atoms with Gasteiger partial charge in [0.2, 0.25) is 5.91 Å². The second kappa shape index (κ2) is 1.50. The van der Waals surface area contributed by atoms with Gasteiger partial charge in [0.15, 0.2) is 0 Å². The highest BCUT2D eigenvalue weighted by Gasteiger charge is 2.26. The van der Waals surface area contributed by atoms with Crippen molar-refractivity contribution in [1.82, 2.24) is 10.2 Å². The first kappa shape index (κ1) is 4.85. The Morgan fingerprint density at radius 1 is 1.67 bits per heavy atom. The summed E-state index contributed by atoms with van der Waals surface area (Å²) in [6, 6.07) is 0. The van der Waals surface area contributed by atoms with E-state index in [1.807, 2.05) is 6.08 Å². The maximum absolute atomic E-state index is 10.9. The molecule has 0 aromatic heterocycles. The van der Waals surface area contributed by atoms with Crippen LogP contribution in [0.3, 0.4) is 0 Å². The van der Waals surface area contributed by atoms with Crippen LogP contribution < -0.4 is 5.32 Å². The molecule has 0 saturated carbocycles. The third kappa shape index (κ3) is 0.542. The molecule has 0 bridgehead atoms. The highest BCUT2D eigenvalue weighted by atomic mass is 16.2. The molecular weight excluding hydrogens is 116 g/mol. The first-order valence-corrected chi connectivity index (χ1v) is 3.12. The Morgan fingerprint density at radius 2 is 2.56 bits per heavy atom. The molecule has 0 radical (unpaired) electrons. The van der Waals surface area contributed by atoms with E-state index in [-0.39, 0.29) is 5.91 Å². The summed E-state index contributed by atoms with van der Waals surface area (Å²) >= 11 is 0. The van der Waals surface area contributed by atoms with Gasteiger partial charge < -0.3 is 5.32 Å². The summed E-state index contributed by atoms with van der Waals surface area (Å²) in [7, 11) is 0. The van der Waals surface area contributed by atoms with Crippen LogP contribution in [0.4, 0.5) is 0 Å². The number of nitrogens with one attached hydrogen (secondary N) is 1. The lowest BCUT2D eigenvalue weighted by molar-refractivity contribution is -0.126. The fourth-order valence-corrected chi connectivity index (χ4v) is 1.25. The average Bonchev–Trinajstić information content (AvgIpc) is 2.35. The molecule has 2 rings (SSSR count). The van der Waals surface area contributed by atoms with E-state index in [0.717, 1.165) is 18.9 Å². The first-order chi connectivity index (χ1) is 4.38. The molecule has 9 heavy (non-hydrogen) atoms. The van der Waals surface area contributed by atoms with Crippen molar-refractivity contribution in [2.24, 2.45) is 0 Å². The molecule has 1 fully saturated rings. The maximum Gasteiger partial charge on any atom is 0.232 e. The van der Waals surface area contributed by atoms with Crippen LogP contribution >= 0.6 is 0 Å². The Labute approximate surface area is 53.3 Å². The van der Waals surface area contributed by atoms with E-state index < -0.39 is 0 Å². The Hall–Kier alpha value is -0.990. The molecule has 0 unspecified atom stereocenters. The minimum absolute atomic E-state index is 0.231. The van der Waals surface area contributed by atoms with Gasteiger partial charge in [-0.1, -0.05) is 0 Å². The largest absolute Gasteiger partial charge is 0.370 e. The van der Waals surface area contributed by atoms with Gasteiger partial charge in [0.05, 0.1) is 0 Å². The average molecular weight is 124 g/mol. The van der Waals surface area contributed by atoms with Gasteiger partial charge in [-0.2, -0.15) is 0 Å². The number of nitrogens with zero attached hydrogens (tertiary/aromatic N) is 1. The van der Waals surface area contributed by atoms with Gasteiger partial charge in [0, 0.05) is 19.5 Å². The summed E-state index contributed by atoms with van der Waals surface area (Å²) < 4.78 is 0. The van der Waals surface area contributed by atoms with Crippen molar-refractivity contribution in [3.63, 3.8) is 0 Å². The molecule has 0 aromatic rings. The number of carbonyl (C=O) groups is 1. The van der Waals surface area contributed by atoms with Gasteiger partial charge in [0.25, 0.3) is 0 Å². The highest BCUT2D eigenvalue weighted by Crippen LogP contribution is 2.16. The molecule has 48 valence electrons. The fourth-order valence-electron chi connectivity index (χ4n) is 1.25. The number of amides is 1. The van der Waals surface area contributed by atoms with Crippen molar-refractivity contribution in [1.29, 1.82) is 0 Å². The Kier molecular flexibility index (Phi) is 0.806. The monoisotopic (exact) mass is 124 g/mol. The van der Waals surface area contributed by atoms with Gasteiger partial charge >= 0.3 is 0 Å². The predicted molar refractivity (Wildman–Crippen MR) is 32.4 cm³/mol. The van der Waals surface area contributed by atoms with Crippen LogP contribution in [-0.2, 0) is 4.79 Å². The summed E-state index contributed by atoms with van der Waals surface area (Å²) in [5.74, 6) is 1.25. The molecule has 2 aliphatic rings. The van der Waals surface area contributed by atoms with Gasteiger partial charge in [-0.15, -0.1) is 0 Å². The minimum atomic E-state index is 0.231. The molecule has 0 spiro atoms. The normalized spacial score (nSPS) is 23.8. The van der Waals surface area contributed by atoms with Gasteiger partial charge in [-0.25, -0.2) is 0 Å². The molecule has 3 nitrogen and oxygen atoms in total. The zero-order valence-corrected chi connectivity index (χ0v) is 5.05. The lowest BCUT2D eigenvalue weighted by atomic mass is 10.4. The van der Waals surface area contributed by atoms with Crippen molar-refractivity contribution < 1.29 is 4.79 Å². The first-order valence-electron chi connectivity index (χ1n) is 3.12. The predicted octanol–water partition coefficient (Wildman–Crippen LogP) is -0.337. The molecule has 1 amide bonds. The van der Waals surface area contributed by atoms with Crippen molar-refractivity contribution in [3.05, 3.63) is 11.9 Å². The van der Waals surface area contributed by atoms with Crippen molar-refractivity contribution in [2.45, 2.75) is 6.42 Å². The standard InChI is InChI=1S/C6H8N2O/c9-6-2-1-5-7-3-4-8(5)6/h1,7H,2-4H2. The quantitative estimate of drug-likeness (QED) is 0.479. The van der Waals surface area contributed by atoms with E-state index in [0.29, 0.717) is 6.42 Å². The van der Waals surface area contributed by atoms with E-state index >= 15 is 0 Å². The number of hydrogen-bond donors (Lipinski definition) is 1. The van der Waals surface area contributed by atoms with Crippen LogP contribution in [0.1, 0.15) is 6.42 Å². The van der Waals surface area contributed by atoms with Crippen LogP contribution in [0, 0.1) is 0 Å². The Bertz CT molecular complexity index is 185. The van der Waals surface area contributed by atoms with Crippen LogP contribution in [0.25, 0.3) is 0 Å². The minimum Gasteiger partial charge on any atom is -0.370 e. The van der Waals surface area contributed by atoms with E-state index in [9.17, 15) is 4.79 Å². The van der Waals surface area contributed by atoms with Crippen molar-refractivity contribution in [2.75, 3.05) is 13.1 Å². The molecule has 2 aliphatic heterocycles. The summed E-state index contributed by atoms with van der Waals surface area (Å²) in [5, 5.41) is 3.12. The van der Waals surface area contributed by atoms with Crippen molar-refractivity contribution in [3.8, 4) is 0 Å². The third-order valence-corrected chi connectivity index (χ3v) is 1.70. The Morgan fingerprint density at radius 3 is 3.33 bits per heavy atom. The zero-order valence-electron chi connectivity index (χ0n) is 5.05. The van der Waals surface area contributed by atoms with E-state index in [4.69, 9.17) is 0 Å². The Balaban J connectivity index is 2.28. The van der Waals surface area contributed by atoms with Crippen molar-refractivity contribution >= 4 is 5.91 Å². The molecular formula is C6H8N2O. The topological polar surface area (TPSA) is 32.3 Å². The van der Waals surface area contributed by atoms with Crippen LogP contribution in [0.5, 0.6) is 0 Å². The summed E-state index contributed by atoms with van der Waals surface area (Å²) in [6.07, 6.45) is 2.53. The van der Waals surface area contributed by atoms with Crippen LogP contribution in [0.2, 0.25) is 0 Å². The van der Waals surface area contributed by atoms with Gasteiger partial charge in [-0.05, 0) is 6.08 Å². The second-order valence-electron chi connectivity index (χ2n) is 2.27. The van der Waals surface area contributed by atoms with E-state index in [1.165, 1.54) is 0 Å². The molecule has 0 aliphatic carbocycles. The van der Waals surface area contributed by atoms with Gasteiger partial charge in [0.1, 0.15) is 5.82 Å². The zero-order chi connectivity index (χ0) is 6.27. The highest BCUT2D eigenvalue weighted by molar-refractivity contribution is 5.82. The number of hydrogen-bond acceptors (Lipinski definition) is 2. The van der Waals surface area contributed by atoms with Crippen LogP contribution in [0.15, 0.2) is 11.9 Å². The smallest absolute Gasteiger partial charge is 0.232 e. The SMILES string of the molecule is O=C1CC=C2NCCN12. The molecule has 1 saturated heterocycles. The fraction of sp³-hybridized carbons (Fsp3) is 0.500. The number of fused-ring (bicyclic) bond motifs is 1. The van der Waals surface area contributed by atoms with Gasteiger partial charge in [-0.3, -0.25) is 9.69 Å². The van der Waals surface area contributed by atoms with E-state index in [1.54, 1.807) is 4.90 Å². The van der Waals surface area contributed by atoms with E-state index in [2.05, 4.69) is 5.32 Å². The molecule has 2 heterocycles. The second-order valence-corrected chi connectivity index (χ2v) is 2.27. The lowest BCUT2D eigenvalue weighted by Crippen LogP contribution is -2.21. The molecule has 0 aromatic carbocycles. The summed E-state index contributed by atoms with van der Waals surface area (Å²) in [6.45, 7) is 1.77. The number of carbonyl (C=O) groups excluding carboxylic acids is 1.